The van der Waals surface area contributed by atoms with Gasteiger partial charge in [0.15, 0.2) is 11.1 Å². The fourth-order valence-corrected chi connectivity index (χ4v) is 2.09. The molecule has 2 aromatic carbocycles. The molecule has 3 N–H and O–H groups in total. The van der Waals surface area contributed by atoms with Crippen LogP contribution in [0.4, 0.5) is 5.69 Å². The Kier molecular flexibility index (Phi) is 3.96. The van der Waals surface area contributed by atoms with Gasteiger partial charge in [-0.2, -0.15) is 0 Å². The molecule has 0 aliphatic heterocycles. The maximum Gasteiger partial charge on any atom is 0.223 e. The van der Waals surface area contributed by atoms with E-state index < -0.39 is 16.5 Å². The molecule has 2 rings (SSSR count). The average Bonchev–Trinajstić information content (AvgIpc) is 2.38. The Morgan fingerprint density at radius 1 is 1.06 bits per heavy atom. The van der Waals surface area contributed by atoms with E-state index in [9.17, 15) is 8.76 Å². The molecule has 2 atom stereocenters. The molecule has 0 bridgehead atoms. The summed E-state index contributed by atoms with van der Waals surface area (Å²) in [6.07, 6.45) is 0. The van der Waals surface area contributed by atoms with Crippen LogP contribution in [0.25, 0.3) is 0 Å². The van der Waals surface area contributed by atoms with Crippen molar-refractivity contribution in [2.45, 2.75) is 5.44 Å². The molecule has 0 aromatic heterocycles. The van der Waals surface area contributed by atoms with Crippen LogP contribution < -0.4 is 10.5 Å². The van der Waals surface area contributed by atoms with Gasteiger partial charge in [-0.05, 0) is 24.3 Å². The zero-order chi connectivity index (χ0) is 13.0. The third kappa shape index (κ3) is 3.09. The molecular formula is C13H13NO3S. The highest BCUT2D eigenvalue weighted by Gasteiger charge is 2.19. The summed E-state index contributed by atoms with van der Waals surface area (Å²) in [4.78, 5) is 0. The summed E-state index contributed by atoms with van der Waals surface area (Å²) in [5.74, 6) is 0.500. The first kappa shape index (κ1) is 12.6. The summed E-state index contributed by atoms with van der Waals surface area (Å²) in [6, 6.07) is 15.6. The number of ether oxygens (including phenoxy) is 1. The number of nitrogen functional groups attached to an aromatic ring is 1. The summed E-state index contributed by atoms with van der Waals surface area (Å²) >= 11 is -2.11. The van der Waals surface area contributed by atoms with Crippen molar-refractivity contribution in [1.82, 2.24) is 0 Å². The first-order valence-corrected chi connectivity index (χ1v) is 6.50. The van der Waals surface area contributed by atoms with Crippen LogP contribution in [0.15, 0.2) is 54.6 Å². The molecule has 94 valence electrons. The lowest BCUT2D eigenvalue weighted by Crippen LogP contribution is -2.13. The van der Waals surface area contributed by atoms with E-state index in [2.05, 4.69) is 0 Å². The normalized spacial score (nSPS) is 13.8. The van der Waals surface area contributed by atoms with Gasteiger partial charge >= 0.3 is 0 Å². The molecule has 0 aliphatic carbocycles. The average molecular weight is 263 g/mol. The molecule has 0 saturated carbocycles. The number of anilines is 1. The van der Waals surface area contributed by atoms with E-state index >= 15 is 0 Å². The lowest BCUT2D eigenvalue weighted by Gasteiger charge is -2.16. The van der Waals surface area contributed by atoms with Crippen LogP contribution in [0.3, 0.4) is 0 Å². The molecule has 2 aromatic rings. The number of benzene rings is 2. The van der Waals surface area contributed by atoms with Crippen molar-refractivity contribution in [2.75, 3.05) is 5.73 Å². The van der Waals surface area contributed by atoms with Gasteiger partial charge < -0.3 is 15.0 Å². The van der Waals surface area contributed by atoms with Gasteiger partial charge in [-0.3, -0.25) is 0 Å². The zero-order valence-electron chi connectivity index (χ0n) is 9.52. The van der Waals surface area contributed by atoms with Crippen molar-refractivity contribution in [1.29, 1.82) is 0 Å². The van der Waals surface area contributed by atoms with Crippen LogP contribution in [-0.2, 0) is 11.1 Å². The van der Waals surface area contributed by atoms with E-state index in [0.717, 1.165) is 0 Å². The minimum atomic E-state index is -2.11. The second-order valence-electron chi connectivity index (χ2n) is 3.71. The van der Waals surface area contributed by atoms with Crippen LogP contribution in [0.2, 0.25) is 0 Å². The fraction of sp³-hybridized carbons (Fsp3) is 0.0769. The van der Waals surface area contributed by atoms with Gasteiger partial charge in [0, 0.05) is 11.3 Å². The Morgan fingerprint density at radius 3 is 2.22 bits per heavy atom. The third-order valence-corrected chi connectivity index (χ3v) is 3.11. The molecule has 0 aliphatic rings. The van der Waals surface area contributed by atoms with Crippen molar-refractivity contribution >= 4 is 16.8 Å². The molecule has 5 heteroatoms. The van der Waals surface area contributed by atoms with Gasteiger partial charge in [-0.15, -0.1) is 0 Å². The molecule has 0 saturated heterocycles. The molecule has 4 nitrogen and oxygen atoms in total. The first-order chi connectivity index (χ1) is 8.66. The van der Waals surface area contributed by atoms with Gasteiger partial charge in [0.1, 0.15) is 5.75 Å². The summed E-state index contributed by atoms with van der Waals surface area (Å²) in [6.45, 7) is 0. The Labute approximate surface area is 108 Å². The maximum absolute atomic E-state index is 11.3. The SMILES string of the molecule is Nc1ccc(OC(c2ccccc2)S(=O)O)cc1. The molecule has 0 radical (unpaired) electrons. The smallest absolute Gasteiger partial charge is 0.223 e. The number of hydrogen-bond acceptors (Lipinski definition) is 3. The number of rotatable bonds is 4. The van der Waals surface area contributed by atoms with E-state index in [1.54, 1.807) is 48.5 Å². The van der Waals surface area contributed by atoms with Crippen molar-refractivity contribution in [3.63, 3.8) is 0 Å². The minimum absolute atomic E-state index is 0.500. The molecule has 2 unspecified atom stereocenters. The van der Waals surface area contributed by atoms with E-state index in [4.69, 9.17) is 10.5 Å². The highest BCUT2D eigenvalue weighted by Crippen LogP contribution is 2.24. The van der Waals surface area contributed by atoms with Crippen molar-refractivity contribution < 1.29 is 13.5 Å². The van der Waals surface area contributed by atoms with Crippen molar-refractivity contribution in [2.24, 2.45) is 0 Å². The van der Waals surface area contributed by atoms with Crippen LogP contribution in [-0.4, -0.2) is 8.76 Å². The predicted octanol–water partition coefficient (Wildman–Crippen LogP) is 2.57. The molecule has 0 spiro atoms. The highest BCUT2D eigenvalue weighted by atomic mass is 32.2. The van der Waals surface area contributed by atoms with Gasteiger partial charge in [-0.1, -0.05) is 30.3 Å². The standard InChI is InChI=1S/C13H13NO3S/c14-11-6-8-12(9-7-11)17-13(18(15)16)10-4-2-1-3-5-10/h1-9,13H,14H2,(H,15,16). The molecule has 0 fully saturated rings. The van der Waals surface area contributed by atoms with E-state index in [0.29, 0.717) is 17.0 Å². The van der Waals surface area contributed by atoms with Gasteiger partial charge in [0.25, 0.3) is 0 Å². The summed E-state index contributed by atoms with van der Waals surface area (Å²) in [5, 5.41) is 0. The minimum Gasteiger partial charge on any atom is -0.470 e. The topological polar surface area (TPSA) is 72.5 Å². The first-order valence-electron chi connectivity index (χ1n) is 5.33. The van der Waals surface area contributed by atoms with E-state index in [-0.39, 0.29) is 0 Å². The second-order valence-corrected chi connectivity index (χ2v) is 4.69. The van der Waals surface area contributed by atoms with Gasteiger partial charge in [-0.25, -0.2) is 4.21 Å². The Hall–Kier alpha value is -1.85. The Morgan fingerprint density at radius 2 is 1.67 bits per heavy atom. The third-order valence-electron chi connectivity index (χ3n) is 2.38. The Bertz CT molecular complexity index is 528. The largest absolute Gasteiger partial charge is 0.470 e. The molecule has 0 amide bonds. The molecule has 0 heterocycles. The molecule has 18 heavy (non-hydrogen) atoms. The van der Waals surface area contributed by atoms with E-state index in [1.807, 2.05) is 6.07 Å². The van der Waals surface area contributed by atoms with Crippen LogP contribution >= 0.6 is 0 Å². The highest BCUT2D eigenvalue weighted by molar-refractivity contribution is 7.79. The lowest BCUT2D eigenvalue weighted by atomic mass is 10.2. The van der Waals surface area contributed by atoms with Crippen molar-refractivity contribution in [3.05, 3.63) is 60.2 Å². The summed E-state index contributed by atoms with van der Waals surface area (Å²) < 4.78 is 26.1. The summed E-state index contributed by atoms with van der Waals surface area (Å²) in [7, 11) is 0. The monoisotopic (exact) mass is 263 g/mol. The Balaban J connectivity index is 2.22. The van der Waals surface area contributed by atoms with Crippen LogP contribution in [0.1, 0.15) is 11.0 Å². The maximum atomic E-state index is 11.3. The van der Waals surface area contributed by atoms with Crippen LogP contribution in [0.5, 0.6) is 5.75 Å². The number of nitrogens with two attached hydrogens (primary N) is 1. The second kappa shape index (κ2) is 5.66. The van der Waals surface area contributed by atoms with E-state index in [1.165, 1.54) is 0 Å². The van der Waals surface area contributed by atoms with Gasteiger partial charge in [0.05, 0.1) is 0 Å². The number of hydrogen-bond donors (Lipinski definition) is 2. The van der Waals surface area contributed by atoms with Crippen LogP contribution in [0, 0.1) is 0 Å². The van der Waals surface area contributed by atoms with Crippen molar-refractivity contribution in [3.8, 4) is 5.75 Å². The van der Waals surface area contributed by atoms with Gasteiger partial charge in [0.2, 0.25) is 5.44 Å². The summed E-state index contributed by atoms with van der Waals surface area (Å²) in [5.41, 5.74) is 5.92. The molecular weight excluding hydrogens is 250 g/mol. The lowest BCUT2D eigenvalue weighted by molar-refractivity contribution is 0.276. The quantitative estimate of drug-likeness (QED) is 0.657. The zero-order valence-corrected chi connectivity index (χ0v) is 10.3. The predicted molar refractivity (Wildman–Crippen MR) is 71.4 cm³/mol. The fourth-order valence-electron chi connectivity index (χ4n) is 1.51.